The molecule has 7 nitrogen and oxygen atoms in total. The number of amides is 2. The number of para-hydroxylation sites is 1. The van der Waals surface area contributed by atoms with Crippen molar-refractivity contribution in [2.75, 3.05) is 26.0 Å². The molecule has 8 heteroatoms. The average Bonchev–Trinajstić information content (AvgIpc) is 3.38. The summed E-state index contributed by atoms with van der Waals surface area (Å²) in [5.41, 5.74) is 1.68. The minimum atomic E-state index is -0.230. The third kappa shape index (κ3) is 5.34. The van der Waals surface area contributed by atoms with Crippen LogP contribution in [-0.2, 0) is 9.59 Å². The van der Waals surface area contributed by atoms with Gasteiger partial charge in [-0.3, -0.25) is 14.6 Å². The first-order chi connectivity index (χ1) is 15.0. The number of carbonyl (C=O) groups excluding carboxylic acids is 2. The van der Waals surface area contributed by atoms with Gasteiger partial charge in [0.05, 0.1) is 19.3 Å². The Morgan fingerprint density at radius 1 is 1.09 bits per heavy atom. The number of hydrogen-bond acceptors (Lipinski definition) is 5. The van der Waals surface area contributed by atoms with Gasteiger partial charge in [-0.2, -0.15) is 0 Å². The third-order valence-electron chi connectivity index (χ3n) is 6.01. The second kappa shape index (κ2) is 10.7. The Balaban J connectivity index is 0.00000289. The lowest BCUT2D eigenvalue weighted by Gasteiger charge is -2.28. The average molecular weight is 460 g/mol. The van der Waals surface area contributed by atoms with E-state index >= 15 is 0 Å². The zero-order chi connectivity index (χ0) is 21.8. The molecule has 1 N–H and O–H groups in total. The normalized spacial score (nSPS) is 19.0. The number of rotatable bonds is 7. The van der Waals surface area contributed by atoms with Crippen LogP contribution >= 0.6 is 12.4 Å². The highest BCUT2D eigenvalue weighted by molar-refractivity contribution is 5.94. The Morgan fingerprint density at radius 2 is 1.81 bits per heavy atom. The molecule has 2 aromatic carbocycles. The zero-order valence-corrected chi connectivity index (χ0v) is 19.3. The Bertz CT molecular complexity index is 934. The molecule has 2 aliphatic rings. The van der Waals surface area contributed by atoms with E-state index in [2.05, 4.69) is 5.32 Å². The maximum Gasteiger partial charge on any atom is 0.245 e. The molecule has 1 saturated carbocycles. The van der Waals surface area contributed by atoms with Crippen molar-refractivity contribution in [3.05, 3.63) is 54.1 Å². The molecule has 4 rings (SSSR count). The van der Waals surface area contributed by atoms with Gasteiger partial charge in [0.1, 0.15) is 6.54 Å². The van der Waals surface area contributed by atoms with Crippen LogP contribution < -0.4 is 14.8 Å². The van der Waals surface area contributed by atoms with Crippen LogP contribution in [0.1, 0.15) is 43.7 Å². The highest BCUT2D eigenvalue weighted by Crippen LogP contribution is 2.38. The summed E-state index contributed by atoms with van der Waals surface area (Å²) in [5.74, 6) is 1.10. The molecule has 1 aliphatic carbocycles. The van der Waals surface area contributed by atoms with Gasteiger partial charge >= 0.3 is 0 Å². The number of hydrogen-bond donors (Lipinski definition) is 1. The van der Waals surface area contributed by atoms with Gasteiger partial charge in [0.2, 0.25) is 11.8 Å². The van der Waals surface area contributed by atoms with Crippen molar-refractivity contribution >= 4 is 29.9 Å². The van der Waals surface area contributed by atoms with Crippen molar-refractivity contribution in [3.63, 3.8) is 0 Å². The highest BCUT2D eigenvalue weighted by atomic mass is 35.5. The first-order valence-corrected chi connectivity index (χ1v) is 10.8. The molecule has 2 fully saturated rings. The van der Waals surface area contributed by atoms with E-state index in [0.717, 1.165) is 18.4 Å². The van der Waals surface area contributed by atoms with Crippen molar-refractivity contribution in [2.45, 2.75) is 44.2 Å². The van der Waals surface area contributed by atoms with Gasteiger partial charge in [-0.25, -0.2) is 5.01 Å². The molecule has 0 radical (unpaired) electrons. The molecule has 1 atom stereocenters. The van der Waals surface area contributed by atoms with Gasteiger partial charge in [-0.15, -0.1) is 12.4 Å². The molecule has 2 aromatic rings. The summed E-state index contributed by atoms with van der Waals surface area (Å²) in [4.78, 5) is 25.2. The van der Waals surface area contributed by atoms with Crippen molar-refractivity contribution in [1.29, 1.82) is 0 Å². The number of methoxy groups -OCH3 is 1. The summed E-state index contributed by atoms with van der Waals surface area (Å²) >= 11 is 0. The minimum Gasteiger partial charge on any atom is -0.493 e. The zero-order valence-electron chi connectivity index (χ0n) is 18.5. The maximum atomic E-state index is 12.7. The fourth-order valence-corrected chi connectivity index (χ4v) is 4.32. The van der Waals surface area contributed by atoms with Gasteiger partial charge in [0.25, 0.3) is 0 Å². The lowest BCUT2D eigenvalue weighted by molar-refractivity contribution is -0.141. The molecular formula is C24H30ClN3O4. The van der Waals surface area contributed by atoms with Crippen molar-refractivity contribution < 1.29 is 19.1 Å². The predicted octanol–water partition coefficient (Wildman–Crippen LogP) is 4.20. The maximum absolute atomic E-state index is 12.7. The van der Waals surface area contributed by atoms with E-state index in [-0.39, 0.29) is 42.9 Å². The number of ether oxygens (including phenoxy) is 2. The number of nitrogens with one attached hydrogen (secondary N) is 1. The van der Waals surface area contributed by atoms with Crippen LogP contribution in [0.3, 0.4) is 0 Å². The smallest absolute Gasteiger partial charge is 0.245 e. The molecular weight excluding hydrogens is 430 g/mol. The lowest BCUT2D eigenvalue weighted by atomic mass is 10.0. The van der Waals surface area contributed by atoms with Gasteiger partial charge in [-0.1, -0.05) is 24.3 Å². The van der Waals surface area contributed by atoms with Crippen molar-refractivity contribution in [2.24, 2.45) is 0 Å². The van der Waals surface area contributed by atoms with Gasteiger partial charge in [0.15, 0.2) is 11.5 Å². The number of hydrazine groups is 1. The molecule has 0 aromatic heterocycles. The van der Waals surface area contributed by atoms with E-state index in [4.69, 9.17) is 9.47 Å². The van der Waals surface area contributed by atoms with Gasteiger partial charge in [0, 0.05) is 19.2 Å². The summed E-state index contributed by atoms with van der Waals surface area (Å²) in [6, 6.07) is 14.9. The van der Waals surface area contributed by atoms with Crippen LogP contribution in [0.15, 0.2) is 48.5 Å². The molecule has 1 saturated heterocycles. The second-order valence-electron chi connectivity index (χ2n) is 8.09. The standard InChI is InChI=1S/C24H29N3O4.ClH/c1-26-20(15-24(29)27(26)16-23(28)25-18-8-4-3-5-9-18)17-12-13-21(30-2)22(14-17)31-19-10-6-7-11-19;/h3-5,8-9,12-14,19-20H,6-7,10-11,15-16H2,1-2H3,(H,25,28);1H. The Labute approximate surface area is 195 Å². The quantitative estimate of drug-likeness (QED) is 0.672. The van der Waals surface area contributed by atoms with Crippen LogP contribution in [0.4, 0.5) is 5.69 Å². The van der Waals surface area contributed by atoms with Crippen LogP contribution in [0.2, 0.25) is 0 Å². The Morgan fingerprint density at radius 3 is 2.50 bits per heavy atom. The van der Waals surface area contributed by atoms with Gasteiger partial charge < -0.3 is 14.8 Å². The summed E-state index contributed by atoms with van der Waals surface area (Å²) in [6.07, 6.45) is 5.01. The molecule has 1 heterocycles. The summed E-state index contributed by atoms with van der Waals surface area (Å²) in [6.45, 7) is -0.0255. The minimum absolute atomic E-state index is 0. The monoisotopic (exact) mass is 459 g/mol. The predicted molar refractivity (Wildman–Crippen MR) is 125 cm³/mol. The third-order valence-corrected chi connectivity index (χ3v) is 6.01. The second-order valence-corrected chi connectivity index (χ2v) is 8.09. The number of carbonyl (C=O) groups is 2. The fourth-order valence-electron chi connectivity index (χ4n) is 4.32. The molecule has 32 heavy (non-hydrogen) atoms. The van der Waals surface area contributed by atoms with Crippen LogP contribution in [0.5, 0.6) is 11.5 Å². The van der Waals surface area contributed by atoms with E-state index < -0.39 is 0 Å². The molecule has 2 amide bonds. The Hall–Kier alpha value is -2.77. The molecule has 0 bridgehead atoms. The SMILES string of the molecule is COc1ccc(C2CC(=O)N(CC(=O)Nc3ccccc3)N2C)cc1OC1CCCC1.Cl. The van der Waals surface area contributed by atoms with E-state index in [1.165, 1.54) is 17.9 Å². The number of benzene rings is 2. The molecule has 172 valence electrons. The van der Waals surface area contributed by atoms with Crippen LogP contribution in [-0.4, -0.2) is 48.6 Å². The Kier molecular flexibility index (Phi) is 7.99. The van der Waals surface area contributed by atoms with E-state index in [1.54, 1.807) is 7.11 Å². The first kappa shape index (κ1) is 23.9. The number of anilines is 1. The molecule has 1 unspecified atom stereocenters. The van der Waals surface area contributed by atoms with Crippen molar-refractivity contribution in [3.8, 4) is 11.5 Å². The highest BCUT2D eigenvalue weighted by Gasteiger charge is 2.37. The summed E-state index contributed by atoms with van der Waals surface area (Å²) in [7, 11) is 3.47. The fraction of sp³-hybridized carbons (Fsp3) is 0.417. The largest absolute Gasteiger partial charge is 0.493 e. The molecule has 1 aliphatic heterocycles. The lowest BCUT2D eigenvalue weighted by Crippen LogP contribution is -2.42. The van der Waals surface area contributed by atoms with E-state index in [0.29, 0.717) is 23.6 Å². The first-order valence-electron chi connectivity index (χ1n) is 10.8. The van der Waals surface area contributed by atoms with Crippen molar-refractivity contribution in [1.82, 2.24) is 10.0 Å². The van der Waals surface area contributed by atoms with Crippen LogP contribution in [0, 0.1) is 0 Å². The van der Waals surface area contributed by atoms with E-state index in [9.17, 15) is 9.59 Å². The number of nitrogens with zero attached hydrogens (tertiary/aromatic N) is 2. The summed E-state index contributed by atoms with van der Waals surface area (Å²) < 4.78 is 11.7. The van der Waals surface area contributed by atoms with Gasteiger partial charge in [-0.05, 0) is 55.5 Å². The van der Waals surface area contributed by atoms with Crippen LogP contribution in [0.25, 0.3) is 0 Å². The number of halogens is 1. The topological polar surface area (TPSA) is 71.1 Å². The molecule has 0 spiro atoms. The summed E-state index contributed by atoms with van der Waals surface area (Å²) in [5, 5.41) is 6.18. The van der Waals surface area contributed by atoms with E-state index in [1.807, 2.05) is 60.6 Å².